The third-order valence-corrected chi connectivity index (χ3v) is 6.77. The van der Waals surface area contributed by atoms with Gasteiger partial charge < -0.3 is 9.64 Å². The van der Waals surface area contributed by atoms with Crippen LogP contribution in [0.25, 0.3) is 5.82 Å². The monoisotopic (exact) mass is 414 g/mol. The molecule has 3 aromatic rings. The van der Waals surface area contributed by atoms with Crippen molar-refractivity contribution in [3.05, 3.63) is 54.6 Å². The molecule has 4 rings (SSSR count). The number of benzene rings is 1. The van der Waals surface area contributed by atoms with Crippen molar-refractivity contribution >= 4 is 15.8 Å². The highest BCUT2D eigenvalue weighted by molar-refractivity contribution is 7.89. The molecule has 1 aromatic carbocycles. The minimum Gasteiger partial charge on any atom is -0.497 e. The Hall–Kier alpha value is -2.98. The minimum atomic E-state index is -3.54. The number of hydrogen-bond donors (Lipinski definition) is 0. The number of anilines is 1. The average molecular weight is 414 g/mol. The van der Waals surface area contributed by atoms with Crippen molar-refractivity contribution in [2.24, 2.45) is 0 Å². The van der Waals surface area contributed by atoms with Gasteiger partial charge in [-0.05, 0) is 37.3 Å². The number of piperazine rings is 1. The smallest absolute Gasteiger partial charge is 0.243 e. The Labute approximate surface area is 169 Å². The number of nitrogens with zero attached hydrogens (tertiary/aromatic N) is 6. The van der Waals surface area contributed by atoms with Crippen molar-refractivity contribution in [2.75, 3.05) is 38.2 Å². The van der Waals surface area contributed by atoms with Gasteiger partial charge in [-0.1, -0.05) is 0 Å². The van der Waals surface area contributed by atoms with Gasteiger partial charge in [0, 0.05) is 38.4 Å². The lowest BCUT2D eigenvalue weighted by Gasteiger charge is -2.34. The van der Waals surface area contributed by atoms with Crippen LogP contribution in [0.1, 0.15) is 5.69 Å². The maximum atomic E-state index is 12.9. The van der Waals surface area contributed by atoms with Crippen LogP contribution in [0.4, 0.5) is 5.82 Å². The van der Waals surface area contributed by atoms with Gasteiger partial charge >= 0.3 is 0 Å². The number of methoxy groups -OCH3 is 1. The van der Waals surface area contributed by atoms with Crippen LogP contribution in [0.2, 0.25) is 0 Å². The number of hydrogen-bond acceptors (Lipinski definition) is 7. The first-order chi connectivity index (χ1) is 14.0. The largest absolute Gasteiger partial charge is 0.497 e. The fraction of sp³-hybridized carbons (Fsp3) is 0.316. The Morgan fingerprint density at radius 1 is 0.966 bits per heavy atom. The predicted octanol–water partition coefficient (Wildman–Crippen LogP) is 1.49. The van der Waals surface area contributed by atoms with E-state index in [0.717, 1.165) is 11.5 Å². The summed E-state index contributed by atoms with van der Waals surface area (Å²) in [6.07, 6.45) is 3.35. The van der Waals surface area contributed by atoms with E-state index in [2.05, 4.69) is 20.0 Å². The minimum absolute atomic E-state index is 0.269. The summed E-state index contributed by atoms with van der Waals surface area (Å²) in [6.45, 7) is 3.78. The quantitative estimate of drug-likeness (QED) is 0.624. The highest BCUT2D eigenvalue weighted by atomic mass is 32.2. The molecule has 2 aromatic heterocycles. The third-order valence-electron chi connectivity index (χ3n) is 4.86. The Balaban J connectivity index is 1.46. The van der Waals surface area contributed by atoms with Gasteiger partial charge in [0.25, 0.3) is 0 Å². The normalized spacial score (nSPS) is 15.4. The lowest BCUT2D eigenvalue weighted by atomic mass is 10.3. The number of sulfonamides is 1. The summed E-state index contributed by atoms with van der Waals surface area (Å²) >= 11 is 0. The fourth-order valence-electron chi connectivity index (χ4n) is 3.23. The summed E-state index contributed by atoms with van der Waals surface area (Å²) in [4.78, 5) is 10.9. The van der Waals surface area contributed by atoms with Crippen molar-refractivity contribution < 1.29 is 13.2 Å². The van der Waals surface area contributed by atoms with Crippen LogP contribution in [0, 0.1) is 6.92 Å². The molecule has 0 amide bonds. The number of ether oxygens (including phenoxy) is 1. The first kappa shape index (κ1) is 19.3. The fourth-order valence-corrected chi connectivity index (χ4v) is 4.65. The molecular weight excluding hydrogens is 392 g/mol. The molecule has 29 heavy (non-hydrogen) atoms. The molecular formula is C19H22N6O3S. The molecule has 1 saturated heterocycles. The van der Waals surface area contributed by atoms with E-state index in [1.54, 1.807) is 36.1 Å². The Kier molecular flexibility index (Phi) is 5.20. The van der Waals surface area contributed by atoms with Gasteiger partial charge in [-0.2, -0.15) is 9.40 Å². The van der Waals surface area contributed by atoms with Crippen molar-refractivity contribution in [1.82, 2.24) is 24.1 Å². The molecule has 152 valence electrons. The second-order valence-corrected chi connectivity index (χ2v) is 8.64. The van der Waals surface area contributed by atoms with Crippen LogP contribution >= 0.6 is 0 Å². The molecule has 0 spiro atoms. The molecule has 9 nitrogen and oxygen atoms in total. The summed E-state index contributed by atoms with van der Waals surface area (Å²) in [5, 5.41) is 4.37. The lowest BCUT2D eigenvalue weighted by molar-refractivity contribution is 0.383. The van der Waals surface area contributed by atoms with Crippen LogP contribution < -0.4 is 9.64 Å². The summed E-state index contributed by atoms with van der Waals surface area (Å²) < 4.78 is 34.1. The van der Waals surface area contributed by atoms with E-state index in [9.17, 15) is 8.42 Å². The highest BCUT2D eigenvalue weighted by Gasteiger charge is 2.29. The van der Waals surface area contributed by atoms with Gasteiger partial charge in [0.15, 0.2) is 5.82 Å². The Bertz CT molecular complexity index is 1090. The first-order valence-corrected chi connectivity index (χ1v) is 10.7. The van der Waals surface area contributed by atoms with Crippen molar-refractivity contribution in [1.29, 1.82) is 0 Å². The molecule has 1 fully saturated rings. The highest BCUT2D eigenvalue weighted by Crippen LogP contribution is 2.22. The van der Waals surface area contributed by atoms with Crippen molar-refractivity contribution in [3.63, 3.8) is 0 Å². The molecule has 1 aliphatic heterocycles. The molecule has 0 unspecified atom stereocenters. The van der Waals surface area contributed by atoms with E-state index in [1.807, 2.05) is 25.3 Å². The van der Waals surface area contributed by atoms with Gasteiger partial charge in [-0.15, -0.1) is 0 Å². The Morgan fingerprint density at radius 3 is 2.28 bits per heavy atom. The summed E-state index contributed by atoms with van der Waals surface area (Å²) in [5.41, 5.74) is 0.905. The number of rotatable bonds is 5. The molecule has 0 saturated carbocycles. The van der Waals surface area contributed by atoms with Crippen LogP contribution in [0.3, 0.4) is 0 Å². The molecule has 1 aliphatic rings. The zero-order chi connectivity index (χ0) is 20.4. The maximum Gasteiger partial charge on any atom is 0.243 e. The van der Waals surface area contributed by atoms with E-state index in [-0.39, 0.29) is 4.90 Å². The van der Waals surface area contributed by atoms with Gasteiger partial charge in [-0.3, -0.25) is 0 Å². The average Bonchev–Trinajstić information content (AvgIpc) is 3.20. The predicted molar refractivity (Wildman–Crippen MR) is 108 cm³/mol. The molecule has 0 aliphatic carbocycles. The van der Waals surface area contributed by atoms with E-state index in [4.69, 9.17) is 4.74 Å². The summed E-state index contributed by atoms with van der Waals surface area (Å²) in [7, 11) is -1.99. The SMILES string of the molecule is COc1ccc(S(=O)(=O)N2CCN(c3cc(-n4ccc(C)n4)ncn3)CC2)cc1. The van der Waals surface area contributed by atoms with E-state index < -0.39 is 10.0 Å². The van der Waals surface area contributed by atoms with Crippen LogP contribution in [0.15, 0.2) is 53.8 Å². The second kappa shape index (κ2) is 7.80. The van der Waals surface area contributed by atoms with Crippen LogP contribution in [-0.4, -0.2) is 65.8 Å². The van der Waals surface area contributed by atoms with Gasteiger partial charge in [0.1, 0.15) is 17.9 Å². The summed E-state index contributed by atoms with van der Waals surface area (Å²) in [6, 6.07) is 10.2. The summed E-state index contributed by atoms with van der Waals surface area (Å²) in [5.74, 6) is 2.06. The maximum absolute atomic E-state index is 12.9. The molecule has 10 heteroatoms. The number of aromatic nitrogens is 4. The van der Waals surface area contributed by atoms with E-state index in [1.165, 1.54) is 10.6 Å². The Morgan fingerprint density at radius 2 is 1.66 bits per heavy atom. The number of aryl methyl sites for hydroxylation is 1. The lowest BCUT2D eigenvalue weighted by Crippen LogP contribution is -2.48. The van der Waals surface area contributed by atoms with Gasteiger partial charge in [0.05, 0.1) is 17.7 Å². The second-order valence-electron chi connectivity index (χ2n) is 6.70. The zero-order valence-corrected chi connectivity index (χ0v) is 17.1. The molecule has 0 atom stereocenters. The van der Waals surface area contributed by atoms with Crippen molar-refractivity contribution in [2.45, 2.75) is 11.8 Å². The van der Waals surface area contributed by atoms with Crippen LogP contribution in [0.5, 0.6) is 5.75 Å². The molecule has 0 bridgehead atoms. The molecule has 3 heterocycles. The zero-order valence-electron chi connectivity index (χ0n) is 16.3. The van der Waals surface area contributed by atoms with Gasteiger partial charge in [-0.25, -0.2) is 23.1 Å². The topological polar surface area (TPSA) is 93.5 Å². The van der Waals surface area contributed by atoms with Gasteiger partial charge in [0.2, 0.25) is 10.0 Å². The van der Waals surface area contributed by atoms with E-state index >= 15 is 0 Å². The van der Waals surface area contributed by atoms with Crippen molar-refractivity contribution in [3.8, 4) is 11.6 Å². The van der Waals surface area contributed by atoms with E-state index in [0.29, 0.717) is 37.7 Å². The standard InChI is InChI=1S/C19H22N6O3S/c1-15-7-8-25(22-15)19-13-18(20-14-21-19)23-9-11-24(12-10-23)29(26,27)17-5-3-16(28-2)4-6-17/h3-8,13-14H,9-12H2,1-2H3. The molecule has 0 N–H and O–H groups in total. The first-order valence-electron chi connectivity index (χ1n) is 9.21. The molecule has 0 radical (unpaired) electrons. The van der Waals surface area contributed by atoms with Crippen LogP contribution in [-0.2, 0) is 10.0 Å². The third kappa shape index (κ3) is 3.94.